The van der Waals surface area contributed by atoms with Gasteiger partial charge in [0.15, 0.2) is 5.96 Å². The SMILES string of the molecule is CN=C(NCCc1cccc(OC)c1)N1CCC(C)CC1. The molecule has 1 fully saturated rings. The van der Waals surface area contributed by atoms with Gasteiger partial charge in [0.05, 0.1) is 7.11 Å². The molecular formula is C17H27N3O. The van der Waals surface area contributed by atoms with Crippen molar-refractivity contribution >= 4 is 5.96 Å². The standard InChI is InChI=1S/C17H27N3O/c1-14-8-11-20(12-9-14)17(18-2)19-10-7-15-5-4-6-16(13-15)21-3/h4-6,13-14H,7-12H2,1-3H3,(H,18,19). The van der Waals surface area contributed by atoms with E-state index in [9.17, 15) is 0 Å². The van der Waals surface area contributed by atoms with Gasteiger partial charge in [0.25, 0.3) is 0 Å². The average Bonchev–Trinajstić information content (AvgIpc) is 2.53. The topological polar surface area (TPSA) is 36.9 Å². The second kappa shape index (κ2) is 7.91. The maximum absolute atomic E-state index is 5.26. The number of aliphatic imine (C=N–C) groups is 1. The molecule has 0 spiro atoms. The van der Waals surface area contributed by atoms with Crippen molar-refractivity contribution in [3.8, 4) is 5.75 Å². The van der Waals surface area contributed by atoms with E-state index in [0.29, 0.717) is 0 Å². The number of benzene rings is 1. The van der Waals surface area contributed by atoms with Crippen LogP contribution in [0.4, 0.5) is 0 Å². The van der Waals surface area contributed by atoms with Crippen molar-refractivity contribution in [2.24, 2.45) is 10.9 Å². The van der Waals surface area contributed by atoms with Crippen LogP contribution in [-0.4, -0.2) is 44.7 Å². The fourth-order valence-corrected chi connectivity index (χ4v) is 2.70. The first kappa shape index (κ1) is 15.7. The summed E-state index contributed by atoms with van der Waals surface area (Å²) in [5, 5.41) is 3.48. The summed E-state index contributed by atoms with van der Waals surface area (Å²) in [6.07, 6.45) is 3.49. The molecule has 1 aromatic rings. The van der Waals surface area contributed by atoms with Gasteiger partial charge in [-0.25, -0.2) is 0 Å². The molecule has 0 aliphatic carbocycles. The Kier molecular flexibility index (Phi) is 5.90. The summed E-state index contributed by atoms with van der Waals surface area (Å²) < 4.78 is 5.26. The first-order valence-corrected chi connectivity index (χ1v) is 7.81. The molecule has 1 aromatic carbocycles. The average molecular weight is 289 g/mol. The molecule has 1 aliphatic heterocycles. The number of hydrogen-bond donors (Lipinski definition) is 1. The molecule has 0 amide bonds. The molecule has 4 heteroatoms. The highest BCUT2D eigenvalue weighted by Crippen LogP contribution is 2.16. The van der Waals surface area contributed by atoms with Crippen LogP contribution in [0.15, 0.2) is 29.3 Å². The molecule has 1 aliphatic rings. The normalized spacial score (nSPS) is 16.9. The molecule has 0 atom stereocenters. The maximum atomic E-state index is 5.26. The molecule has 1 saturated heterocycles. The van der Waals surface area contributed by atoms with Gasteiger partial charge in [0.2, 0.25) is 0 Å². The highest BCUT2D eigenvalue weighted by molar-refractivity contribution is 5.79. The van der Waals surface area contributed by atoms with Crippen molar-refractivity contribution in [3.63, 3.8) is 0 Å². The van der Waals surface area contributed by atoms with E-state index in [2.05, 4.69) is 34.3 Å². The van der Waals surface area contributed by atoms with Crippen LogP contribution in [-0.2, 0) is 6.42 Å². The molecule has 0 saturated carbocycles. The quantitative estimate of drug-likeness (QED) is 0.683. The number of rotatable bonds is 4. The van der Waals surface area contributed by atoms with Gasteiger partial charge in [-0.2, -0.15) is 0 Å². The van der Waals surface area contributed by atoms with E-state index >= 15 is 0 Å². The van der Waals surface area contributed by atoms with Crippen LogP contribution in [0.3, 0.4) is 0 Å². The molecule has 1 heterocycles. The zero-order valence-electron chi connectivity index (χ0n) is 13.4. The summed E-state index contributed by atoms with van der Waals surface area (Å²) in [5.74, 6) is 2.79. The summed E-state index contributed by atoms with van der Waals surface area (Å²) in [4.78, 5) is 6.78. The van der Waals surface area contributed by atoms with Crippen LogP contribution in [0, 0.1) is 5.92 Å². The van der Waals surface area contributed by atoms with Gasteiger partial charge in [-0.3, -0.25) is 4.99 Å². The minimum atomic E-state index is 0.844. The third kappa shape index (κ3) is 4.66. The monoisotopic (exact) mass is 289 g/mol. The van der Waals surface area contributed by atoms with Crippen LogP contribution >= 0.6 is 0 Å². The third-order valence-corrected chi connectivity index (χ3v) is 4.13. The first-order valence-electron chi connectivity index (χ1n) is 7.81. The van der Waals surface area contributed by atoms with E-state index in [0.717, 1.165) is 43.7 Å². The third-order valence-electron chi connectivity index (χ3n) is 4.13. The van der Waals surface area contributed by atoms with Gasteiger partial charge in [0, 0.05) is 26.7 Å². The number of likely N-dealkylation sites (tertiary alicyclic amines) is 1. The van der Waals surface area contributed by atoms with Crippen molar-refractivity contribution in [2.75, 3.05) is 33.8 Å². The summed E-state index contributed by atoms with van der Waals surface area (Å²) >= 11 is 0. The van der Waals surface area contributed by atoms with Crippen molar-refractivity contribution in [1.82, 2.24) is 10.2 Å². The van der Waals surface area contributed by atoms with E-state index < -0.39 is 0 Å². The van der Waals surface area contributed by atoms with Crippen molar-refractivity contribution < 1.29 is 4.74 Å². The van der Waals surface area contributed by atoms with Gasteiger partial charge < -0.3 is 15.0 Å². The number of ether oxygens (including phenoxy) is 1. The largest absolute Gasteiger partial charge is 0.497 e. The van der Waals surface area contributed by atoms with Crippen LogP contribution in [0.25, 0.3) is 0 Å². The molecule has 2 rings (SSSR count). The van der Waals surface area contributed by atoms with Gasteiger partial charge >= 0.3 is 0 Å². The lowest BCUT2D eigenvalue weighted by atomic mass is 10.00. The number of hydrogen-bond acceptors (Lipinski definition) is 2. The van der Waals surface area contributed by atoms with Crippen LogP contribution in [0.1, 0.15) is 25.3 Å². The number of nitrogens with one attached hydrogen (secondary N) is 1. The number of methoxy groups -OCH3 is 1. The number of piperidine rings is 1. The van der Waals surface area contributed by atoms with Gasteiger partial charge in [0.1, 0.15) is 5.75 Å². The molecule has 116 valence electrons. The van der Waals surface area contributed by atoms with Gasteiger partial charge in [-0.05, 0) is 42.9 Å². The molecule has 0 aromatic heterocycles. The molecule has 1 N–H and O–H groups in total. The van der Waals surface area contributed by atoms with Crippen molar-refractivity contribution in [1.29, 1.82) is 0 Å². The van der Waals surface area contributed by atoms with Crippen LogP contribution in [0.5, 0.6) is 5.75 Å². The lowest BCUT2D eigenvalue weighted by molar-refractivity contribution is 0.273. The second-order valence-electron chi connectivity index (χ2n) is 5.75. The van der Waals surface area contributed by atoms with Crippen LogP contribution < -0.4 is 10.1 Å². The Bertz CT molecular complexity index is 465. The second-order valence-corrected chi connectivity index (χ2v) is 5.75. The maximum Gasteiger partial charge on any atom is 0.193 e. The van der Waals surface area contributed by atoms with Crippen LogP contribution in [0.2, 0.25) is 0 Å². The first-order chi connectivity index (χ1) is 10.2. The molecular weight excluding hydrogens is 262 g/mol. The summed E-state index contributed by atoms with van der Waals surface area (Å²) in [6.45, 7) is 5.45. The highest BCUT2D eigenvalue weighted by atomic mass is 16.5. The lowest BCUT2D eigenvalue weighted by Gasteiger charge is -2.32. The van der Waals surface area contributed by atoms with E-state index in [1.54, 1.807) is 7.11 Å². The molecule has 0 unspecified atom stereocenters. The Morgan fingerprint density at radius 2 is 2.14 bits per heavy atom. The molecule has 0 bridgehead atoms. The van der Waals surface area contributed by atoms with E-state index in [-0.39, 0.29) is 0 Å². The lowest BCUT2D eigenvalue weighted by Crippen LogP contribution is -2.45. The Hall–Kier alpha value is -1.71. The number of guanidine groups is 1. The smallest absolute Gasteiger partial charge is 0.193 e. The van der Waals surface area contributed by atoms with Gasteiger partial charge in [-0.15, -0.1) is 0 Å². The van der Waals surface area contributed by atoms with E-state index in [1.165, 1.54) is 18.4 Å². The van der Waals surface area contributed by atoms with Crippen molar-refractivity contribution in [2.45, 2.75) is 26.2 Å². The zero-order chi connectivity index (χ0) is 15.1. The minimum absolute atomic E-state index is 0.844. The van der Waals surface area contributed by atoms with Gasteiger partial charge in [-0.1, -0.05) is 19.1 Å². The fraction of sp³-hybridized carbons (Fsp3) is 0.588. The highest BCUT2D eigenvalue weighted by Gasteiger charge is 2.18. The Balaban J connectivity index is 1.80. The Labute approximate surface area is 128 Å². The summed E-state index contributed by atoms with van der Waals surface area (Å²) in [5.41, 5.74) is 1.28. The van der Waals surface area contributed by atoms with E-state index in [4.69, 9.17) is 4.74 Å². The predicted octanol–water partition coefficient (Wildman–Crippen LogP) is 2.55. The van der Waals surface area contributed by atoms with E-state index in [1.807, 2.05) is 19.2 Å². The number of nitrogens with zero attached hydrogens (tertiary/aromatic N) is 2. The van der Waals surface area contributed by atoms with Crippen molar-refractivity contribution in [3.05, 3.63) is 29.8 Å². The predicted molar refractivity (Wildman–Crippen MR) is 88.0 cm³/mol. The summed E-state index contributed by atoms with van der Waals surface area (Å²) in [6, 6.07) is 8.24. The molecule has 21 heavy (non-hydrogen) atoms. The molecule has 0 radical (unpaired) electrons. The fourth-order valence-electron chi connectivity index (χ4n) is 2.70. The summed E-state index contributed by atoms with van der Waals surface area (Å²) in [7, 11) is 3.57. The minimum Gasteiger partial charge on any atom is -0.497 e. The molecule has 4 nitrogen and oxygen atoms in total. The Morgan fingerprint density at radius 1 is 1.38 bits per heavy atom. The zero-order valence-corrected chi connectivity index (χ0v) is 13.4. The Morgan fingerprint density at radius 3 is 2.81 bits per heavy atom.